The molecule has 1 amide bonds. The molecular weight excluding hydrogens is 332 g/mol. The maximum absolute atomic E-state index is 11.4. The molecule has 2 N–H and O–H groups in total. The van der Waals surface area contributed by atoms with Gasteiger partial charge in [-0.2, -0.15) is 0 Å². The van der Waals surface area contributed by atoms with E-state index >= 15 is 0 Å². The molecule has 1 aliphatic rings. The highest BCUT2D eigenvalue weighted by Crippen LogP contribution is 2.30. The zero-order valence-corrected chi connectivity index (χ0v) is 14.9. The van der Waals surface area contributed by atoms with E-state index in [-0.39, 0.29) is 6.10 Å². The summed E-state index contributed by atoms with van der Waals surface area (Å²) in [7, 11) is 0. The van der Waals surface area contributed by atoms with Gasteiger partial charge >= 0.3 is 6.09 Å². The molecule has 0 spiro atoms. The third-order valence-electron chi connectivity index (χ3n) is 4.01. The second-order valence-electron chi connectivity index (χ2n) is 5.99. The molecule has 0 aliphatic carbocycles. The lowest BCUT2D eigenvalue weighted by atomic mass is 10.1. The summed E-state index contributed by atoms with van der Waals surface area (Å²) in [5, 5.41) is 6.08. The molecule has 138 valence electrons. The van der Waals surface area contributed by atoms with Crippen LogP contribution >= 0.6 is 0 Å². The summed E-state index contributed by atoms with van der Waals surface area (Å²) < 4.78 is 16.5. The van der Waals surface area contributed by atoms with Crippen LogP contribution in [0.5, 0.6) is 11.5 Å². The number of amides is 1. The van der Waals surface area contributed by atoms with Gasteiger partial charge in [-0.1, -0.05) is 24.3 Å². The Balaban J connectivity index is 1.37. The number of anilines is 1. The van der Waals surface area contributed by atoms with Crippen LogP contribution in [-0.4, -0.2) is 38.5 Å². The normalized spacial score (nSPS) is 15.3. The molecule has 6 nitrogen and oxygen atoms in total. The first-order valence-electron chi connectivity index (χ1n) is 8.86. The second kappa shape index (κ2) is 9.10. The van der Waals surface area contributed by atoms with Gasteiger partial charge in [0.1, 0.15) is 12.7 Å². The third kappa shape index (κ3) is 5.13. The average molecular weight is 356 g/mol. The fourth-order valence-corrected chi connectivity index (χ4v) is 2.70. The summed E-state index contributed by atoms with van der Waals surface area (Å²) in [6.45, 7) is 4.26. The van der Waals surface area contributed by atoms with E-state index in [2.05, 4.69) is 10.6 Å². The van der Waals surface area contributed by atoms with Crippen molar-refractivity contribution in [3.8, 4) is 11.5 Å². The molecule has 1 aliphatic heterocycles. The minimum Gasteiger partial charge on any atom is -0.486 e. The second-order valence-corrected chi connectivity index (χ2v) is 5.99. The average Bonchev–Trinajstić information content (AvgIpc) is 2.66. The van der Waals surface area contributed by atoms with Crippen LogP contribution in [0.4, 0.5) is 10.5 Å². The number of hydrogen-bond donors (Lipinski definition) is 2. The molecule has 0 fully saturated rings. The predicted octanol–water partition coefficient (Wildman–Crippen LogP) is 3.23. The van der Waals surface area contributed by atoms with E-state index in [1.165, 1.54) is 5.56 Å². The van der Waals surface area contributed by atoms with E-state index in [9.17, 15) is 4.79 Å². The van der Waals surface area contributed by atoms with E-state index in [1.54, 1.807) is 6.92 Å². The van der Waals surface area contributed by atoms with Gasteiger partial charge in [0, 0.05) is 12.2 Å². The van der Waals surface area contributed by atoms with Gasteiger partial charge in [0.2, 0.25) is 0 Å². The van der Waals surface area contributed by atoms with Crippen LogP contribution in [0.15, 0.2) is 48.5 Å². The maximum Gasteiger partial charge on any atom is 0.411 e. The van der Waals surface area contributed by atoms with E-state index in [1.807, 2.05) is 48.5 Å². The van der Waals surface area contributed by atoms with Crippen molar-refractivity contribution in [3.05, 3.63) is 54.1 Å². The highest BCUT2D eigenvalue weighted by molar-refractivity contribution is 5.84. The Bertz CT molecular complexity index is 718. The summed E-state index contributed by atoms with van der Waals surface area (Å²) in [5.41, 5.74) is 1.92. The molecule has 1 unspecified atom stereocenters. The van der Waals surface area contributed by atoms with Crippen molar-refractivity contribution in [1.82, 2.24) is 5.32 Å². The molecule has 0 radical (unpaired) electrons. The zero-order chi connectivity index (χ0) is 18.2. The summed E-state index contributed by atoms with van der Waals surface area (Å²) >= 11 is 0. The number of rotatable bonds is 7. The molecule has 6 heteroatoms. The zero-order valence-electron chi connectivity index (χ0n) is 14.9. The van der Waals surface area contributed by atoms with E-state index in [0.717, 1.165) is 36.7 Å². The first-order valence-corrected chi connectivity index (χ1v) is 8.86. The molecule has 0 aromatic heterocycles. The Morgan fingerprint density at radius 1 is 1.15 bits per heavy atom. The molecule has 3 rings (SSSR count). The van der Waals surface area contributed by atoms with Crippen molar-refractivity contribution in [3.63, 3.8) is 0 Å². The number of para-hydroxylation sites is 2. The first kappa shape index (κ1) is 18.1. The molecule has 1 atom stereocenters. The van der Waals surface area contributed by atoms with Gasteiger partial charge in [0.25, 0.3) is 0 Å². The van der Waals surface area contributed by atoms with Gasteiger partial charge in [-0.15, -0.1) is 0 Å². The van der Waals surface area contributed by atoms with E-state index in [4.69, 9.17) is 14.2 Å². The fourth-order valence-electron chi connectivity index (χ4n) is 2.70. The highest BCUT2D eigenvalue weighted by atomic mass is 16.6. The van der Waals surface area contributed by atoms with Gasteiger partial charge in [-0.3, -0.25) is 5.32 Å². The number of benzene rings is 2. The van der Waals surface area contributed by atoms with Gasteiger partial charge in [-0.05, 0) is 49.7 Å². The van der Waals surface area contributed by atoms with Crippen molar-refractivity contribution in [2.45, 2.75) is 19.4 Å². The van der Waals surface area contributed by atoms with Crippen molar-refractivity contribution in [2.24, 2.45) is 0 Å². The van der Waals surface area contributed by atoms with Crippen LogP contribution in [0.25, 0.3) is 0 Å². The van der Waals surface area contributed by atoms with Gasteiger partial charge in [0.15, 0.2) is 11.5 Å². The molecule has 26 heavy (non-hydrogen) atoms. The number of hydrogen-bond acceptors (Lipinski definition) is 5. The van der Waals surface area contributed by atoms with Gasteiger partial charge in [-0.25, -0.2) is 4.79 Å². The molecule has 2 aromatic rings. The van der Waals surface area contributed by atoms with E-state index < -0.39 is 6.09 Å². The maximum atomic E-state index is 11.4. The van der Waals surface area contributed by atoms with Crippen LogP contribution in [0.2, 0.25) is 0 Å². The van der Waals surface area contributed by atoms with Crippen molar-refractivity contribution < 1.29 is 19.0 Å². The lowest BCUT2D eigenvalue weighted by molar-refractivity contribution is 0.0906. The Morgan fingerprint density at radius 3 is 2.69 bits per heavy atom. The topological polar surface area (TPSA) is 68.8 Å². The summed E-state index contributed by atoms with van der Waals surface area (Å²) in [6.07, 6.45) is 0.475. The predicted molar refractivity (Wildman–Crippen MR) is 100 cm³/mol. The van der Waals surface area contributed by atoms with Gasteiger partial charge in [0.05, 0.1) is 6.61 Å². The quantitative estimate of drug-likeness (QED) is 0.746. The third-order valence-corrected chi connectivity index (χ3v) is 4.01. The van der Waals surface area contributed by atoms with Gasteiger partial charge < -0.3 is 19.5 Å². The standard InChI is InChI=1S/C20H24N2O4/c1-2-24-20(23)22-16-9-7-15(8-10-16)11-12-21-13-17-14-25-18-5-3-4-6-19(18)26-17/h3-10,17,21H,2,11-14H2,1H3,(H,22,23). The molecule has 1 heterocycles. The summed E-state index contributed by atoms with van der Waals surface area (Å²) in [6, 6.07) is 15.5. The fraction of sp³-hybridized carbons (Fsp3) is 0.350. The Hall–Kier alpha value is -2.73. The molecule has 0 saturated carbocycles. The number of fused-ring (bicyclic) bond motifs is 1. The summed E-state index contributed by atoms with van der Waals surface area (Å²) in [4.78, 5) is 11.4. The van der Waals surface area contributed by atoms with Crippen molar-refractivity contribution >= 4 is 11.8 Å². The van der Waals surface area contributed by atoms with Crippen molar-refractivity contribution in [1.29, 1.82) is 0 Å². The Labute approximate surface area is 153 Å². The first-order chi connectivity index (χ1) is 12.7. The van der Waals surface area contributed by atoms with Crippen LogP contribution in [-0.2, 0) is 11.2 Å². The van der Waals surface area contributed by atoms with Crippen LogP contribution in [0.3, 0.4) is 0 Å². The van der Waals surface area contributed by atoms with E-state index in [0.29, 0.717) is 13.2 Å². The minimum atomic E-state index is -0.432. The van der Waals surface area contributed by atoms with Crippen LogP contribution in [0.1, 0.15) is 12.5 Å². The Kier molecular flexibility index (Phi) is 6.33. The van der Waals surface area contributed by atoms with Crippen LogP contribution in [0, 0.1) is 0 Å². The largest absolute Gasteiger partial charge is 0.486 e. The monoisotopic (exact) mass is 356 g/mol. The highest BCUT2D eigenvalue weighted by Gasteiger charge is 2.19. The molecular formula is C20H24N2O4. The molecule has 0 bridgehead atoms. The SMILES string of the molecule is CCOC(=O)Nc1ccc(CCNCC2COc3ccccc3O2)cc1. The lowest BCUT2D eigenvalue weighted by Gasteiger charge is -2.26. The smallest absolute Gasteiger partial charge is 0.411 e. The number of nitrogens with one attached hydrogen (secondary N) is 2. The Morgan fingerprint density at radius 2 is 1.92 bits per heavy atom. The number of carbonyl (C=O) groups is 1. The van der Waals surface area contributed by atoms with Crippen LogP contribution < -0.4 is 20.1 Å². The van der Waals surface area contributed by atoms with Crippen molar-refractivity contribution in [2.75, 3.05) is 31.6 Å². The number of carbonyl (C=O) groups excluding carboxylic acids is 1. The minimum absolute atomic E-state index is 0.0149. The molecule has 0 saturated heterocycles. The molecule has 2 aromatic carbocycles. The summed E-state index contributed by atoms with van der Waals surface area (Å²) in [5.74, 6) is 1.61. The lowest BCUT2D eigenvalue weighted by Crippen LogP contribution is -2.39. The number of ether oxygens (including phenoxy) is 3.